The highest BCUT2D eigenvalue weighted by Crippen LogP contribution is 2.24. The Morgan fingerprint density at radius 1 is 1.20 bits per heavy atom. The molecule has 0 bridgehead atoms. The Morgan fingerprint density at radius 2 is 1.90 bits per heavy atom. The topological polar surface area (TPSA) is 106 Å². The number of nitrogen functional groups attached to an aromatic ring is 1. The minimum atomic E-state index is -0.478. The molecule has 0 aliphatic carbocycles. The van der Waals surface area contributed by atoms with Crippen molar-refractivity contribution < 1.29 is 14.0 Å². The molecule has 2 aromatic carbocycles. The lowest BCUT2D eigenvalue weighted by Gasteiger charge is -2.16. The van der Waals surface area contributed by atoms with Crippen LogP contribution in [0.15, 0.2) is 53.7 Å². The molecule has 0 aliphatic heterocycles. The molecule has 3 N–H and O–H groups in total. The number of rotatable bonds is 7. The Bertz CT molecular complexity index is 1080. The second-order valence-electron chi connectivity index (χ2n) is 6.22. The van der Waals surface area contributed by atoms with E-state index >= 15 is 0 Å². The zero-order chi connectivity index (χ0) is 21.7. The molecule has 8 nitrogen and oxygen atoms in total. The van der Waals surface area contributed by atoms with Gasteiger partial charge in [-0.15, -0.1) is 10.2 Å². The number of hydrogen-bond acceptors (Lipinski definition) is 6. The molecule has 0 radical (unpaired) electrons. The smallest absolute Gasteiger partial charge is 0.244 e. The van der Waals surface area contributed by atoms with Crippen molar-refractivity contribution in [1.82, 2.24) is 19.8 Å². The molecule has 11 heteroatoms. The maximum Gasteiger partial charge on any atom is 0.244 e. The second kappa shape index (κ2) is 9.59. The molecular formula is C19H18ClFN6O2S. The number of likely N-dealkylation sites (N-methyl/N-ethyl adjacent to an activating group) is 1. The number of aromatic nitrogens is 3. The summed E-state index contributed by atoms with van der Waals surface area (Å²) in [5.41, 5.74) is 0.676. The first-order chi connectivity index (χ1) is 14.4. The van der Waals surface area contributed by atoms with Gasteiger partial charge in [-0.1, -0.05) is 47.6 Å². The number of thioether (sulfide) groups is 1. The van der Waals surface area contributed by atoms with Crippen LogP contribution >= 0.6 is 23.4 Å². The van der Waals surface area contributed by atoms with Gasteiger partial charge in [0.25, 0.3) is 0 Å². The minimum absolute atomic E-state index is 0.0253. The van der Waals surface area contributed by atoms with E-state index in [-0.39, 0.29) is 40.7 Å². The number of hydrogen-bond donors (Lipinski definition) is 2. The van der Waals surface area contributed by atoms with E-state index in [0.717, 1.165) is 16.4 Å². The van der Waals surface area contributed by atoms with Crippen LogP contribution in [0.2, 0.25) is 5.02 Å². The standard InChI is InChI=1S/C19H18ClFN6O2S/c1-26(10-16(28)23-15-9-5-3-7-13(15)20)17(29)11-30-19-25-24-18(27(19)22)12-6-2-4-8-14(12)21/h2-9H,10-11,22H2,1H3,(H,23,28). The van der Waals surface area contributed by atoms with Crippen molar-refractivity contribution in [2.24, 2.45) is 0 Å². The molecule has 2 amide bonds. The van der Waals surface area contributed by atoms with Crippen molar-refractivity contribution in [3.8, 4) is 11.4 Å². The first-order valence-corrected chi connectivity index (χ1v) is 10.1. The highest BCUT2D eigenvalue weighted by Gasteiger charge is 2.18. The van der Waals surface area contributed by atoms with Gasteiger partial charge in [-0.25, -0.2) is 9.07 Å². The van der Waals surface area contributed by atoms with Crippen LogP contribution in [-0.4, -0.2) is 50.9 Å². The minimum Gasteiger partial charge on any atom is -0.336 e. The molecule has 0 fully saturated rings. The number of para-hydroxylation sites is 1. The highest BCUT2D eigenvalue weighted by atomic mass is 35.5. The molecule has 0 atom stereocenters. The second-order valence-corrected chi connectivity index (χ2v) is 7.57. The maximum absolute atomic E-state index is 13.9. The van der Waals surface area contributed by atoms with Crippen molar-refractivity contribution in [2.45, 2.75) is 5.16 Å². The van der Waals surface area contributed by atoms with Crippen molar-refractivity contribution in [3.05, 3.63) is 59.4 Å². The molecule has 3 rings (SSSR count). The molecule has 1 aromatic heterocycles. The van der Waals surface area contributed by atoms with Crippen LogP contribution in [0.5, 0.6) is 0 Å². The summed E-state index contributed by atoms with van der Waals surface area (Å²) in [6, 6.07) is 12.9. The summed E-state index contributed by atoms with van der Waals surface area (Å²) in [7, 11) is 1.51. The summed E-state index contributed by atoms with van der Waals surface area (Å²) in [5, 5.41) is 11.1. The van der Waals surface area contributed by atoms with Crippen molar-refractivity contribution >= 4 is 40.9 Å². The van der Waals surface area contributed by atoms with Crippen LogP contribution in [0.25, 0.3) is 11.4 Å². The normalized spacial score (nSPS) is 10.6. The maximum atomic E-state index is 13.9. The van der Waals surface area contributed by atoms with E-state index in [1.807, 2.05) is 0 Å². The molecular weight excluding hydrogens is 431 g/mol. The number of carbonyl (C=O) groups excluding carboxylic acids is 2. The summed E-state index contributed by atoms with van der Waals surface area (Å²) in [6.45, 7) is -0.152. The molecule has 30 heavy (non-hydrogen) atoms. The third-order valence-corrected chi connectivity index (χ3v) is 5.32. The van der Waals surface area contributed by atoms with Gasteiger partial charge in [-0.05, 0) is 24.3 Å². The lowest BCUT2D eigenvalue weighted by Crippen LogP contribution is -2.36. The Kier molecular flexibility index (Phi) is 6.91. The molecule has 0 unspecified atom stereocenters. The number of amides is 2. The Morgan fingerprint density at radius 3 is 2.63 bits per heavy atom. The summed E-state index contributed by atoms with van der Waals surface area (Å²) < 4.78 is 15.1. The van der Waals surface area contributed by atoms with Gasteiger partial charge in [0.2, 0.25) is 17.0 Å². The zero-order valence-corrected chi connectivity index (χ0v) is 17.5. The Balaban J connectivity index is 1.56. The van der Waals surface area contributed by atoms with Crippen molar-refractivity contribution in [1.29, 1.82) is 0 Å². The van der Waals surface area contributed by atoms with Crippen LogP contribution in [-0.2, 0) is 9.59 Å². The Hall–Kier alpha value is -3.11. The summed E-state index contributed by atoms with van der Waals surface area (Å²) in [5.74, 6) is 4.90. The predicted octanol–water partition coefficient (Wildman–Crippen LogP) is 2.64. The third-order valence-electron chi connectivity index (χ3n) is 4.06. The van der Waals surface area contributed by atoms with Gasteiger partial charge in [0.15, 0.2) is 5.82 Å². The number of nitrogens with zero attached hydrogens (tertiary/aromatic N) is 4. The molecule has 0 saturated heterocycles. The van der Waals surface area contributed by atoms with E-state index in [1.165, 1.54) is 24.1 Å². The fourth-order valence-electron chi connectivity index (χ4n) is 2.49. The van der Waals surface area contributed by atoms with E-state index in [1.54, 1.807) is 36.4 Å². The van der Waals surface area contributed by atoms with Crippen LogP contribution in [0.3, 0.4) is 0 Å². The largest absolute Gasteiger partial charge is 0.336 e. The predicted molar refractivity (Wildman–Crippen MR) is 114 cm³/mol. The van der Waals surface area contributed by atoms with E-state index in [2.05, 4.69) is 15.5 Å². The van der Waals surface area contributed by atoms with Gasteiger partial charge >= 0.3 is 0 Å². The number of halogens is 2. The highest BCUT2D eigenvalue weighted by molar-refractivity contribution is 7.99. The average molecular weight is 449 g/mol. The lowest BCUT2D eigenvalue weighted by molar-refractivity contribution is -0.131. The quantitative estimate of drug-likeness (QED) is 0.425. The first kappa shape index (κ1) is 21.6. The van der Waals surface area contributed by atoms with Crippen LogP contribution in [0.4, 0.5) is 10.1 Å². The summed E-state index contributed by atoms with van der Waals surface area (Å²) >= 11 is 7.04. The summed E-state index contributed by atoms with van der Waals surface area (Å²) in [6.07, 6.45) is 0. The lowest BCUT2D eigenvalue weighted by atomic mass is 10.2. The van der Waals surface area contributed by atoms with Crippen LogP contribution in [0, 0.1) is 5.82 Å². The number of nitrogens with one attached hydrogen (secondary N) is 1. The number of carbonyl (C=O) groups is 2. The van der Waals surface area contributed by atoms with Gasteiger partial charge in [-0.2, -0.15) is 0 Å². The van der Waals surface area contributed by atoms with E-state index in [9.17, 15) is 14.0 Å². The summed E-state index contributed by atoms with van der Waals surface area (Å²) in [4.78, 5) is 25.8. The average Bonchev–Trinajstić information content (AvgIpc) is 3.08. The fraction of sp³-hybridized carbons (Fsp3) is 0.158. The zero-order valence-electron chi connectivity index (χ0n) is 15.9. The van der Waals surface area contributed by atoms with Crippen molar-refractivity contribution in [2.75, 3.05) is 30.5 Å². The van der Waals surface area contributed by atoms with Gasteiger partial charge in [-0.3, -0.25) is 9.59 Å². The van der Waals surface area contributed by atoms with E-state index in [4.69, 9.17) is 17.4 Å². The number of nitrogens with two attached hydrogens (primary N) is 1. The monoisotopic (exact) mass is 448 g/mol. The SMILES string of the molecule is CN(CC(=O)Nc1ccccc1Cl)C(=O)CSc1nnc(-c2ccccc2F)n1N. The van der Waals surface area contributed by atoms with Gasteiger partial charge in [0, 0.05) is 7.05 Å². The Labute approximate surface area is 181 Å². The van der Waals surface area contributed by atoms with Crippen LogP contribution < -0.4 is 11.2 Å². The van der Waals surface area contributed by atoms with Gasteiger partial charge in [0.05, 0.1) is 28.6 Å². The first-order valence-electron chi connectivity index (χ1n) is 8.73. The van der Waals surface area contributed by atoms with Gasteiger partial charge in [0.1, 0.15) is 5.82 Å². The fourth-order valence-corrected chi connectivity index (χ4v) is 3.47. The molecule has 0 spiro atoms. The molecule has 1 heterocycles. The molecule has 156 valence electrons. The van der Waals surface area contributed by atoms with Gasteiger partial charge < -0.3 is 16.1 Å². The van der Waals surface area contributed by atoms with E-state index in [0.29, 0.717) is 10.7 Å². The van der Waals surface area contributed by atoms with Crippen molar-refractivity contribution in [3.63, 3.8) is 0 Å². The number of benzene rings is 2. The third kappa shape index (κ3) is 5.08. The number of anilines is 1. The molecule has 3 aromatic rings. The molecule has 0 aliphatic rings. The van der Waals surface area contributed by atoms with E-state index < -0.39 is 5.82 Å². The van der Waals surface area contributed by atoms with Crippen LogP contribution in [0.1, 0.15) is 0 Å². The molecule has 0 saturated carbocycles.